The van der Waals surface area contributed by atoms with Crippen LogP contribution in [0.25, 0.3) is 20.5 Å². The van der Waals surface area contributed by atoms with Gasteiger partial charge >= 0.3 is 6.03 Å². The van der Waals surface area contributed by atoms with Crippen LogP contribution in [0.15, 0.2) is 35.7 Å². The third-order valence-electron chi connectivity index (χ3n) is 2.97. The molecule has 3 rings (SSSR count). The zero-order chi connectivity index (χ0) is 15.0. The minimum absolute atomic E-state index is 0.270. The van der Waals surface area contributed by atoms with E-state index in [4.69, 9.17) is 11.5 Å². The van der Waals surface area contributed by atoms with Gasteiger partial charge in [-0.15, -0.1) is 22.7 Å². The molecule has 0 aliphatic rings. The Hall–Kier alpha value is -2.38. The van der Waals surface area contributed by atoms with Crippen LogP contribution in [-0.2, 0) is 0 Å². The van der Waals surface area contributed by atoms with E-state index in [2.05, 4.69) is 10.7 Å². The number of amides is 3. The zero-order valence-electron chi connectivity index (χ0n) is 10.8. The molecule has 0 aliphatic heterocycles. The van der Waals surface area contributed by atoms with Gasteiger partial charge in [0, 0.05) is 10.3 Å². The van der Waals surface area contributed by atoms with Gasteiger partial charge in [-0.05, 0) is 16.8 Å². The van der Waals surface area contributed by atoms with E-state index in [1.807, 2.05) is 24.3 Å². The average Bonchev–Trinajstić information content (AvgIpc) is 3.01. The molecule has 0 unspecified atom stereocenters. The third kappa shape index (κ3) is 2.48. The maximum absolute atomic E-state index is 11.5. The summed E-state index contributed by atoms with van der Waals surface area (Å²) >= 11 is 2.87. The standard InChI is InChI=1S/C14H11N3O2S2/c15-12(18)9-5-10(21-13(9)17-14(16)19)11-8-4-2-1-3-7(8)6-20-11/h1-6H,(H2,15,18)(H3,16,17,19). The van der Waals surface area contributed by atoms with Crippen LogP contribution < -0.4 is 16.8 Å². The molecule has 21 heavy (non-hydrogen) atoms. The number of carbonyl (C=O) groups excluding carboxylic acids is 2. The molecule has 5 N–H and O–H groups in total. The van der Waals surface area contributed by atoms with E-state index >= 15 is 0 Å². The number of rotatable bonds is 3. The van der Waals surface area contributed by atoms with E-state index in [9.17, 15) is 9.59 Å². The zero-order valence-corrected chi connectivity index (χ0v) is 12.4. The number of thiophene rings is 2. The van der Waals surface area contributed by atoms with Crippen LogP contribution in [-0.4, -0.2) is 11.9 Å². The first kappa shape index (κ1) is 13.6. The number of nitrogens with two attached hydrogens (primary N) is 2. The van der Waals surface area contributed by atoms with Gasteiger partial charge in [-0.25, -0.2) is 4.79 Å². The quantitative estimate of drug-likeness (QED) is 0.691. The maximum atomic E-state index is 11.5. The van der Waals surface area contributed by atoms with E-state index in [1.54, 1.807) is 17.4 Å². The van der Waals surface area contributed by atoms with Gasteiger partial charge in [0.05, 0.1) is 10.4 Å². The Morgan fingerprint density at radius 2 is 1.90 bits per heavy atom. The fourth-order valence-electron chi connectivity index (χ4n) is 2.07. The van der Waals surface area contributed by atoms with E-state index in [0.29, 0.717) is 5.00 Å². The lowest BCUT2D eigenvalue weighted by Gasteiger charge is -1.98. The molecule has 0 bridgehead atoms. The van der Waals surface area contributed by atoms with E-state index < -0.39 is 11.9 Å². The van der Waals surface area contributed by atoms with Gasteiger partial charge in [0.1, 0.15) is 5.00 Å². The van der Waals surface area contributed by atoms with Crippen molar-refractivity contribution in [3.8, 4) is 9.75 Å². The summed E-state index contributed by atoms with van der Waals surface area (Å²) < 4.78 is 0. The summed E-state index contributed by atoms with van der Waals surface area (Å²) in [7, 11) is 0. The second-order valence-electron chi connectivity index (χ2n) is 4.36. The van der Waals surface area contributed by atoms with E-state index in [-0.39, 0.29) is 5.56 Å². The molecule has 0 radical (unpaired) electrons. The molecule has 2 heterocycles. The van der Waals surface area contributed by atoms with Gasteiger partial charge in [0.25, 0.3) is 5.91 Å². The minimum atomic E-state index is -0.720. The Morgan fingerprint density at radius 3 is 2.62 bits per heavy atom. The predicted molar refractivity (Wildman–Crippen MR) is 86.9 cm³/mol. The fourth-order valence-corrected chi connectivity index (χ4v) is 4.30. The van der Waals surface area contributed by atoms with Crippen molar-refractivity contribution in [2.24, 2.45) is 11.5 Å². The molecule has 3 aromatic rings. The first-order valence-corrected chi connectivity index (χ1v) is 7.72. The minimum Gasteiger partial charge on any atom is -0.366 e. The topological polar surface area (TPSA) is 98.2 Å². The molecule has 106 valence electrons. The van der Waals surface area contributed by atoms with Gasteiger partial charge < -0.3 is 11.5 Å². The van der Waals surface area contributed by atoms with Gasteiger partial charge in [0.2, 0.25) is 0 Å². The van der Waals surface area contributed by atoms with E-state index in [0.717, 1.165) is 20.5 Å². The summed E-state index contributed by atoms with van der Waals surface area (Å²) in [6, 6.07) is 8.96. The third-order valence-corrected chi connectivity index (χ3v) is 5.21. The Morgan fingerprint density at radius 1 is 1.14 bits per heavy atom. The van der Waals surface area contributed by atoms with Gasteiger partial charge in [0.15, 0.2) is 0 Å². The maximum Gasteiger partial charge on any atom is 0.317 e. The molecule has 0 saturated carbocycles. The molecule has 0 aliphatic carbocycles. The normalized spacial score (nSPS) is 10.7. The van der Waals surface area contributed by atoms with Crippen LogP contribution in [0.4, 0.5) is 9.80 Å². The number of urea groups is 1. The molecule has 0 atom stereocenters. The molecule has 0 saturated heterocycles. The number of primary amides is 2. The van der Waals surface area contributed by atoms with Gasteiger partial charge in [-0.1, -0.05) is 24.3 Å². The lowest BCUT2D eigenvalue weighted by Crippen LogP contribution is -2.21. The number of benzene rings is 1. The molecule has 1 aromatic carbocycles. The van der Waals surface area contributed by atoms with Crippen molar-refractivity contribution >= 4 is 50.4 Å². The number of fused-ring (bicyclic) bond motifs is 1. The van der Waals surface area contributed by atoms with Crippen LogP contribution in [0.5, 0.6) is 0 Å². The molecule has 0 spiro atoms. The molecule has 2 aromatic heterocycles. The summed E-state index contributed by atoms with van der Waals surface area (Å²) in [5.41, 5.74) is 10.7. The SMILES string of the molecule is NC(=O)Nc1sc(-c2scc3ccccc23)cc1C(N)=O. The Labute approximate surface area is 128 Å². The summed E-state index contributed by atoms with van der Waals surface area (Å²) in [6.07, 6.45) is 0. The summed E-state index contributed by atoms with van der Waals surface area (Å²) in [4.78, 5) is 24.4. The van der Waals surface area contributed by atoms with Crippen molar-refractivity contribution in [1.29, 1.82) is 0 Å². The van der Waals surface area contributed by atoms with Crippen LogP contribution in [0, 0.1) is 0 Å². The van der Waals surface area contributed by atoms with Crippen molar-refractivity contribution in [2.45, 2.75) is 0 Å². The Balaban J connectivity index is 2.14. The highest BCUT2D eigenvalue weighted by Gasteiger charge is 2.17. The van der Waals surface area contributed by atoms with Gasteiger partial charge in [-0.2, -0.15) is 0 Å². The van der Waals surface area contributed by atoms with Crippen molar-refractivity contribution in [2.75, 3.05) is 5.32 Å². The Bertz CT molecular complexity index is 851. The number of carbonyl (C=O) groups is 2. The smallest absolute Gasteiger partial charge is 0.317 e. The van der Waals surface area contributed by atoms with Crippen molar-refractivity contribution in [3.05, 3.63) is 41.3 Å². The highest BCUT2D eigenvalue weighted by atomic mass is 32.1. The van der Waals surface area contributed by atoms with Crippen LogP contribution in [0.1, 0.15) is 10.4 Å². The van der Waals surface area contributed by atoms with Crippen molar-refractivity contribution in [1.82, 2.24) is 0 Å². The van der Waals surface area contributed by atoms with E-state index in [1.165, 1.54) is 11.3 Å². The lowest BCUT2D eigenvalue weighted by atomic mass is 10.1. The summed E-state index contributed by atoms with van der Waals surface area (Å²) in [6.45, 7) is 0. The Kier molecular flexibility index (Phi) is 3.36. The number of anilines is 1. The monoisotopic (exact) mass is 317 g/mol. The summed E-state index contributed by atoms with van der Waals surface area (Å²) in [5, 5.41) is 7.11. The second-order valence-corrected chi connectivity index (χ2v) is 6.29. The highest BCUT2D eigenvalue weighted by Crippen LogP contribution is 2.41. The van der Waals surface area contributed by atoms with Crippen LogP contribution >= 0.6 is 22.7 Å². The molecule has 0 fully saturated rings. The largest absolute Gasteiger partial charge is 0.366 e. The first-order chi connectivity index (χ1) is 10.1. The number of hydrogen-bond donors (Lipinski definition) is 3. The molecule has 7 heteroatoms. The van der Waals surface area contributed by atoms with Crippen molar-refractivity contribution < 1.29 is 9.59 Å². The lowest BCUT2D eigenvalue weighted by molar-refractivity contribution is 0.100. The number of hydrogen-bond acceptors (Lipinski definition) is 4. The molecular weight excluding hydrogens is 306 g/mol. The van der Waals surface area contributed by atoms with Crippen LogP contribution in [0.3, 0.4) is 0 Å². The van der Waals surface area contributed by atoms with Crippen LogP contribution in [0.2, 0.25) is 0 Å². The average molecular weight is 317 g/mol. The molecule has 3 amide bonds. The fraction of sp³-hybridized carbons (Fsp3) is 0. The van der Waals surface area contributed by atoms with Crippen molar-refractivity contribution in [3.63, 3.8) is 0 Å². The second kappa shape index (κ2) is 5.19. The highest BCUT2D eigenvalue weighted by molar-refractivity contribution is 7.24. The molecule has 5 nitrogen and oxygen atoms in total. The number of nitrogens with one attached hydrogen (secondary N) is 1. The summed E-state index contributed by atoms with van der Waals surface area (Å²) in [5.74, 6) is -0.595. The first-order valence-electron chi connectivity index (χ1n) is 6.03. The molecular formula is C14H11N3O2S2. The van der Waals surface area contributed by atoms with Gasteiger partial charge in [-0.3, -0.25) is 10.1 Å². The predicted octanol–water partition coefficient (Wildman–Crippen LogP) is 3.22.